The summed E-state index contributed by atoms with van der Waals surface area (Å²) >= 11 is 0. The summed E-state index contributed by atoms with van der Waals surface area (Å²) in [5, 5.41) is 0. The largest absolute Gasteiger partial charge is 0.346 e. The zero-order valence-corrected chi connectivity index (χ0v) is 10.9. The summed E-state index contributed by atoms with van der Waals surface area (Å²) in [6, 6.07) is 21.1. The van der Waals surface area contributed by atoms with Crippen molar-refractivity contribution in [3.8, 4) is 0 Å². The second kappa shape index (κ2) is 4.80. The van der Waals surface area contributed by atoms with Crippen molar-refractivity contribution in [2.45, 2.75) is 0 Å². The molecule has 0 radical (unpaired) electrons. The Kier molecular flexibility index (Phi) is 3.20. The predicted octanol–water partition coefficient (Wildman–Crippen LogP) is 2.15. The Hall–Kier alpha value is -1.54. The standard InChI is InChI=1S/C13H15NSi/c15-11-14(12-7-3-1-4-8-12)13-9-5-2-6-10-13/h1-10H,11H2,15H3. The molecule has 0 aliphatic heterocycles. The van der Waals surface area contributed by atoms with Crippen molar-refractivity contribution in [2.24, 2.45) is 0 Å². The summed E-state index contributed by atoms with van der Waals surface area (Å²) in [6.07, 6.45) is 1.12. The number of nitrogens with zero attached hydrogens (tertiary/aromatic N) is 1. The lowest BCUT2D eigenvalue weighted by Gasteiger charge is -2.23. The van der Waals surface area contributed by atoms with Crippen molar-refractivity contribution >= 4 is 21.6 Å². The minimum Gasteiger partial charge on any atom is -0.346 e. The van der Waals surface area contributed by atoms with Crippen molar-refractivity contribution in [1.82, 2.24) is 0 Å². The smallest absolute Gasteiger partial charge is 0.0407 e. The van der Waals surface area contributed by atoms with Crippen molar-refractivity contribution in [2.75, 3.05) is 11.1 Å². The van der Waals surface area contributed by atoms with Crippen LogP contribution in [-0.2, 0) is 0 Å². The van der Waals surface area contributed by atoms with Gasteiger partial charge in [0.1, 0.15) is 0 Å². The quantitative estimate of drug-likeness (QED) is 0.706. The van der Waals surface area contributed by atoms with Crippen LogP contribution in [0.15, 0.2) is 60.7 Å². The molecule has 1 nitrogen and oxygen atoms in total. The molecular formula is C13H15NSi. The number of benzene rings is 2. The van der Waals surface area contributed by atoms with Crippen molar-refractivity contribution in [3.63, 3.8) is 0 Å². The van der Waals surface area contributed by atoms with Gasteiger partial charge in [0.15, 0.2) is 0 Å². The monoisotopic (exact) mass is 213 g/mol. The molecule has 0 heterocycles. The maximum atomic E-state index is 2.35. The Bertz CT molecular complexity index is 360. The first-order chi connectivity index (χ1) is 7.42. The average Bonchev–Trinajstić information content (AvgIpc) is 2.33. The van der Waals surface area contributed by atoms with E-state index >= 15 is 0 Å². The van der Waals surface area contributed by atoms with Gasteiger partial charge in [-0.15, -0.1) is 0 Å². The lowest BCUT2D eigenvalue weighted by molar-refractivity contribution is 1.16. The predicted molar refractivity (Wildman–Crippen MR) is 69.8 cm³/mol. The van der Waals surface area contributed by atoms with Crippen LogP contribution >= 0.6 is 0 Å². The SMILES string of the molecule is [SiH3]CN(c1ccccc1)c1ccccc1. The minimum absolute atomic E-state index is 1.12. The van der Waals surface area contributed by atoms with Gasteiger partial charge >= 0.3 is 0 Å². The third kappa shape index (κ3) is 2.28. The molecule has 0 unspecified atom stereocenters. The van der Waals surface area contributed by atoms with Crippen molar-refractivity contribution in [1.29, 1.82) is 0 Å². The lowest BCUT2D eigenvalue weighted by Crippen LogP contribution is -2.17. The highest BCUT2D eigenvalue weighted by Crippen LogP contribution is 2.23. The Morgan fingerprint density at radius 1 is 0.733 bits per heavy atom. The normalized spacial score (nSPS) is 10.1. The third-order valence-electron chi connectivity index (χ3n) is 2.45. The molecule has 15 heavy (non-hydrogen) atoms. The average molecular weight is 213 g/mol. The molecule has 76 valence electrons. The maximum absolute atomic E-state index is 2.35. The Labute approximate surface area is 93.8 Å². The molecule has 0 spiro atoms. The van der Waals surface area contributed by atoms with Crippen LogP contribution in [0, 0.1) is 0 Å². The molecule has 0 bridgehead atoms. The van der Waals surface area contributed by atoms with E-state index in [4.69, 9.17) is 0 Å². The number of hydrogen-bond acceptors (Lipinski definition) is 1. The summed E-state index contributed by atoms with van der Waals surface area (Å²) in [5.41, 5.74) is 2.55. The van der Waals surface area contributed by atoms with E-state index < -0.39 is 0 Å². The van der Waals surface area contributed by atoms with Gasteiger partial charge in [-0.25, -0.2) is 0 Å². The third-order valence-corrected chi connectivity index (χ3v) is 3.08. The van der Waals surface area contributed by atoms with E-state index in [2.05, 4.69) is 65.6 Å². The fraction of sp³-hybridized carbons (Fsp3) is 0.0769. The van der Waals surface area contributed by atoms with Crippen LogP contribution in [0.25, 0.3) is 0 Å². The summed E-state index contributed by atoms with van der Waals surface area (Å²) in [7, 11) is 1.17. The molecule has 0 saturated carbocycles. The maximum Gasteiger partial charge on any atom is 0.0407 e. The van der Waals surface area contributed by atoms with Gasteiger partial charge in [0.2, 0.25) is 0 Å². The highest BCUT2D eigenvalue weighted by atomic mass is 28.1. The zero-order chi connectivity index (χ0) is 10.5. The van der Waals surface area contributed by atoms with E-state index in [1.165, 1.54) is 21.6 Å². The molecular weight excluding hydrogens is 198 g/mol. The molecule has 2 aromatic carbocycles. The van der Waals surface area contributed by atoms with Gasteiger partial charge < -0.3 is 4.90 Å². The second-order valence-corrected chi connectivity index (χ2v) is 4.05. The lowest BCUT2D eigenvalue weighted by atomic mass is 10.2. The molecule has 0 aliphatic rings. The van der Waals surface area contributed by atoms with Crippen LogP contribution in [0.1, 0.15) is 0 Å². The van der Waals surface area contributed by atoms with Gasteiger partial charge in [-0.05, 0) is 24.3 Å². The number of para-hydroxylation sites is 2. The van der Waals surface area contributed by atoms with Crippen LogP contribution in [0.3, 0.4) is 0 Å². The molecule has 0 fully saturated rings. The highest BCUT2D eigenvalue weighted by molar-refractivity contribution is 6.11. The highest BCUT2D eigenvalue weighted by Gasteiger charge is 2.04. The first-order valence-corrected chi connectivity index (χ1v) is 6.71. The molecule has 0 aromatic heterocycles. The van der Waals surface area contributed by atoms with Crippen LogP contribution < -0.4 is 4.90 Å². The van der Waals surface area contributed by atoms with Gasteiger partial charge in [-0.3, -0.25) is 0 Å². The van der Waals surface area contributed by atoms with Gasteiger partial charge in [0.25, 0.3) is 0 Å². The topological polar surface area (TPSA) is 3.24 Å². The summed E-state index contributed by atoms with van der Waals surface area (Å²) in [6.45, 7) is 0. The molecule has 2 heteroatoms. The zero-order valence-electron chi connectivity index (χ0n) is 8.93. The van der Waals surface area contributed by atoms with Crippen molar-refractivity contribution < 1.29 is 0 Å². The molecule has 0 amide bonds. The summed E-state index contributed by atoms with van der Waals surface area (Å²) < 4.78 is 0. The van der Waals surface area contributed by atoms with Gasteiger partial charge in [0, 0.05) is 27.8 Å². The Morgan fingerprint density at radius 3 is 1.47 bits per heavy atom. The Morgan fingerprint density at radius 2 is 1.13 bits per heavy atom. The van der Waals surface area contributed by atoms with E-state index in [0.29, 0.717) is 0 Å². The number of rotatable bonds is 3. The minimum atomic E-state index is 1.12. The van der Waals surface area contributed by atoms with Gasteiger partial charge in [-0.1, -0.05) is 36.4 Å². The number of hydrogen-bond donors (Lipinski definition) is 0. The molecule has 0 aliphatic carbocycles. The van der Waals surface area contributed by atoms with Gasteiger partial charge in [0.05, 0.1) is 0 Å². The van der Waals surface area contributed by atoms with E-state index in [9.17, 15) is 0 Å². The first kappa shape index (κ1) is 9.99. The molecule has 0 N–H and O–H groups in total. The van der Waals surface area contributed by atoms with Gasteiger partial charge in [-0.2, -0.15) is 0 Å². The second-order valence-electron chi connectivity index (χ2n) is 3.42. The van der Waals surface area contributed by atoms with Crippen molar-refractivity contribution in [3.05, 3.63) is 60.7 Å². The van der Waals surface area contributed by atoms with Crippen LogP contribution in [0.5, 0.6) is 0 Å². The molecule has 0 saturated heterocycles. The first-order valence-electron chi connectivity index (χ1n) is 5.29. The van der Waals surface area contributed by atoms with E-state index in [1.807, 2.05) is 0 Å². The van der Waals surface area contributed by atoms with E-state index in [-0.39, 0.29) is 0 Å². The Balaban J connectivity index is 2.34. The van der Waals surface area contributed by atoms with Crippen LogP contribution in [0.2, 0.25) is 0 Å². The number of anilines is 2. The molecule has 2 aromatic rings. The fourth-order valence-electron chi connectivity index (χ4n) is 1.73. The van der Waals surface area contributed by atoms with E-state index in [0.717, 1.165) is 6.17 Å². The fourth-order valence-corrected chi connectivity index (χ4v) is 2.46. The summed E-state index contributed by atoms with van der Waals surface area (Å²) in [4.78, 5) is 2.35. The molecule has 2 rings (SSSR count). The van der Waals surface area contributed by atoms with E-state index in [1.54, 1.807) is 0 Å². The molecule has 0 atom stereocenters. The van der Waals surface area contributed by atoms with Crippen LogP contribution in [-0.4, -0.2) is 16.4 Å². The summed E-state index contributed by atoms with van der Waals surface area (Å²) in [5.74, 6) is 0. The van der Waals surface area contributed by atoms with Crippen LogP contribution in [0.4, 0.5) is 11.4 Å².